The standard InChI is InChI=1S/C15H23FN2O2/c1-5-13(12-7-6-11(16)10-17-12)18(15(2,3)4)9-8-14(19)20/h6-7,10,13H,5,8-9H2,1-4H3,(H,19,20). The van der Waals surface area contributed by atoms with Crippen molar-refractivity contribution < 1.29 is 14.3 Å². The number of carboxylic acids is 1. The van der Waals surface area contributed by atoms with Crippen molar-refractivity contribution in [2.45, 2.75) is 52.1 Å². The van der Waals surface area contributed by atoms with Gasteiger partial charge in [-0.1, -0.05) is 6.92 Å². The lowest BCUT2D eigenvalue weighted by Gasteiger charge is -2.41. The fourth-order valence-electron chi connectivity index (χ4n) is 2.35. The van der Waals surface area contributed by atoms with Crippen LogP contribution in [-0.2, 0) is 4.79 Å². The molecule has 0 saturated carbocycles. The molecule has 0 saturated heterocycles. The van der Waals surface area contributed by atoms with Gasteiger partial charge in [-0.3, -0.25) is 14.7 Å². The van der Waals surface area contributed by atoms with E-state index in [1.54, 1.807) is 6.07 Å². The molecule has 1 aromatic heterocycles. The molecule has 1 atom stereocenters. The highest BCUT2D eigenvalue weighted by Crippen LogP contribution is 2.29. The van der Waals surface area contributed by atoms with Crippen molar-refractivity contribution in [3.8, 4) is 0 Å². The van der Waals surface area contributed by atoms with Crippen LogP contribution in [0.5, 0.6) is 0 Å². The summed E-state index contributed by atoms with van der Waals surface area (Å²) in [4.78, 5) is 17.1. The Morgan fingerprint density at radius 2 is 2.10 bits per heavy atom. The second-order valence-electron chi connectivity index (χ2n) is 5.83. The summed E-state index contributed by atoms with van der Waals surface area (Å²) >= 11 is 0. The van der Waals surface area contributed by atoms with Crippen LogP contribution < -0.4 is 0 Å². The average molecular weight is 282 g/mol. The van der Waals surface area contributed by atoms with Gasteiger partial charge >= 0.3 is 5.97 Å². The maximum absolute atomic E-state index is 13.0. The summed E-state index contributed by atoms with van der Waals surface area (Å²) in [6.45, 7) is 8.59. The van der Waals surface area contributed by atoms with Gasteiger partial charge in [0.15, 0.2) is 0 Å². The Kier molecular flexibility index (Phi) is 5.62. The van der Waals surface area contributed by atoms with E-state index >= 15 is 0 Å². The maximum atomic E-state index is 13.0. The van der Waals surface area contributed by atoms with Gasteiger partial charge in [0.25, 0.3) is 0 Å². The summed E-state index contributed by atoms with van der Waals surface area (Å²) in [6.07, 6.45) is 2.07. The molecule has 20 heavy (non-hydrogen) atoms. The molecule has 0 aliphatic carbocycles. The summed E-state index contributed by atoms with van der Waals surface area (Å²) in [5.74, 6) is -1.18. The zero-order valence-electron chi connectivity index (χ0n) is 12.6. The Morgan fingerprint density at radius 3 is 2.50 bits per heavy atom. The molecule has 0 fully saturated rings. The highest BCUT2D eigenvalue weighted by atomic mass is 19.1. The van der Waals surface area contributed by atoms with E-state index in [2.05, 4.69) is 9.88 Å². The van der Waals surface area contributed by atoms with Gasteiger partial charge in [-0.25, -0.2) is 4.39 Å². The number of halogens is 1. The van der Waals surface area contributed by atoms with Crippen LogP contribution in [0.3, 0.4) is 0 Å². The summed E-state index contributed by atoms with van der Waals surface area (Å²) < 4.78 is 13.0. The minimum Gasteiger partial charge on any atom is -0.481 e. The van der Waals surface area contributed by atoms with Gasteiger partial charge < -0.3 is 5.11 Å². The number of aromatic nitrogens is 1. The number of carboxylic acid groups (broad SMARTS) is 1. The Hall–Kier alpha value is -1.49. The molecule has 1 unspecified atom stereocenters. The highest BCUT2D eigenvalue weighted by molar-refractivity contribution is 5.66. The quantitative estimate of drug-likeness (QED) is 0.870. The third kappa shape index (κ3) is 4.56. The Labute approximate surface area is 119 Å². The van der Waals surface area contributed by atoms with E-state index in [0.717, 1.165) is 12.1 Å². The average Bonchev–Trinajstić information content (AvgIpc) is 2.34. The largest absolute Gasteiger partial charge is 0.481 e. The van der Waals surface area contributed by atoms with Crippen LogP contribution in [0.15, 0.2) is 18.3 Å². The molecule has 112 valence electrons. The first-order valence-electron chi connectivity index (χ1n) is 6.85. The fraction of sp³-hybridized carbons (Fsp3) is 0.600. The molecule has 1 aromatic rings. The van der Waals surface area contributed by atoms with E-state index in [0.29, 0.717) is 6.54 Å². The first kappa shape index (κ1) is 16.6. The van der Waals surface area contributed by atoms with Crippen LogP contribution in [0.4, 0.5) is 4.39 Å². The fourth-order valence-corrected chi connectivity index (χ4v) is 2.35. The summed E-state index contributed by atoms with van der Waals surface area (Å²) in [5.41, 5.74) is 0.584. The zero-order valence-corrected chi connectivity index (χ0v) is 12.6. The zero-order chi connectivity index (χ0) is 15.3. The second-order valence-corrected chi connectivity index (χ2v) is 5.83. The number of rotatable bonds is 6. The van der Waals surface area contributed by atoms with Crippen molar-refractivity contribution in [3.63, 3.8) is 0 Å². The van der Waals surface area contributed by atoms with Crippen molar-refractivity contribution in [2.75, 3.05) is 6.54 Å². The van der Waals surface area contributed by atoms with Gasteiger partial charge in [0.05, 0.1) is 24.4 Å². The molecule has 0 aromatic carbocycles. The monoisotopic (exact) mass is 282 g/mol. The first-order chi connectivity index (χ1) is 9.25. The van der Waals surface area contributed by atoms with Gasteiger partial charge in [-0.2, -0.15) is 0 Å². The molecular formula is C15H23FN2O2. The number of carbonyl (C=O) groups is 1. The van der Waals surface area contributed by atoms with E-state index in [4.69, 9.17) is 5.11 Å². The van der Waals surface area contributed by atoms with E-state index in [-0.39, 0.29) is 23.8 Å². The van der Waals surface area contributed by atoms with Crippen LogP contribution in [-0.4, -0.2) is 33.0 Å². The van der Waals surface area contributed by atoms with Crippen molar-refractivity contribution in [3.05, 3.63) is 29.8 Å². The van der Waals surface area contributed by atoms with E-state index in [1.807, 2.05) is 27.7 Å². The molecule has 5 heteroatoms. The molecule has 4 nitrogen and oxygen atoms in total. The molecule has 0 aliphatic heterocycles. The minimum atomic E-state index is -0.818. The van der Waals surface area contributed by atoms with Crippen molar-refractivity contribution >= 4 is 5.97 Å². The van der Waals surface area contributed by atoms with Crippen LogP contribution >= 0.6 is 0 Å². The third-order valence-corrected chi connectivity index (χ3v) is 3.28. The normalized spacial score (nSPS) is 13.5. The first-order valence-corrected chi connectivity index (χ1v) is 6.85. The lowest BCUT2D eigenvalue weighted by atomic mass is 9.98. The van der Waals surface area contributed by atoms with Gasteiger partial charge in [0.2, 0.25) is 0 Å². The van der Waals surface area contributed by atoms with Gasteiger partial charge in [-0.05, 0) is 39.3 Å². The van der Waals surface area contributed by atoms with Crippen LogP contribution in [0.25, 0.3) is 0 Å². The summed E-state index contributed by atoms with van der Waals surface area (Å²) in [6, 6.07) is 3.04. The van der Waals surface area contributed by atoms with E-state index in [9.17, 15) is 9.18 Å². The van der Waals surface area contributed by atoms with Crippen molar-refractivity contribution in [2.24, 2.45) is 0 Å². The molecule has 0 aliphatic rings. The van der Waals surface area contributed by atoms with Gasteiger partial charge in [0, 0.05) is 12.1 Å². The van der Waals surface area contributed by atoms with Crippen LogP contribution in [0.2, 0.25) is 0 Å². The van der Waals surface area contributed by atoms with Crippen molar-refractivity contribution in [1.82, 2.24) is 9.88 Å². The van der Waals surface area contributed by atoms with E-state index in [1.165, 1.54) is 12.3 Å². The molecular weight excluding hydrogens is 259 g/mol. The minimum absolute atomic E-state index is 0.0186. The lowest BCUT2D eigenvalue weighted by molar-refractivity contribution is -0.137. The van der Waals surface area contributed by atoms with E-state index < -0.39 is 5.97 Å². The molecule has 0 bridgehead atoms. The highest BCUT2D eigenvalue weighted by Gasteiger charge is 2.29. The van der Waals surface area contributed by atoms with Crippen LogP contribution in [0, 0.1) is 5.82 Å². The third-order valence-electron chi connectivity index (χ3n) is 3.28. The summed E-state index contributed by atoms with van der Waals surface area (Å²) in [7, 11) is 0. The molecule has 0 amide bonds. The molecule has 0 radical (unpaired) electrons. The molecule has 0 spiro atoms. The van der Waals surface area contributed by atoms with Crippen LogP contribution in [0.1, 0.15) is 52.3 Å². The van der Waals surface area contributed by atoms with Gasteiger partial charge in [-0.15, -0.1) is 0 Å². The molecule has 1 rings (SSSR count). The summed E-state index contributed by atoms with van der Waals surface area (Å²) in [5, 5.41) is 8.90. The lowest BCUT2D eigenvalue weighted by Crippen LogP contribution is -2.45. The molecule has 1 heterocycles. The number of pyridine rings is 1. The predicted molar refractivity (Wildman–Crippen MR) is 75.9 cm³/mol. The number of hydrogen-bond donors (Lipinski definition) is 1. The Morgan fingerprint density at radius 1 is 1.45 bits per heavy atom. The smallest absolute Gasteiger partial charge is 0.304 e. The van der Waals surface area contributed by atoms with Gasteiger partial charge in [0.1, 0.15) is 5.82 Å². The Balaban J connectivity index is 3.01. The molecule has 1 N–H and O–H groups in total. The van der Waals surface area contributed by atoms with Crippen molar-refractivity contribution in [1.29, 1.82) is 0 Å². The topological polar surface area (TPSA) is 53.4 Å². The number of hydrogen-bond acceptors (Lipinski definition) is 3. The predicted octanol–water partition coefficient (Wildman–Crippen LogP) is 3.25. The maximum Gasteiger partial charge on any atom is 0.304 e. The number of aliphatic carboxylic acids is 1. The SMILES string of the molecule is CCC(c1ccc(F)cn1)N(CCC(=O)O)C(C)(C)C. The Bertz CT molecular complexity index is 440. The number of nitrogens with zero attached hydrogens (tertiary/aromatic N) is 2. The second kappa shape index (κ2) is 6.79.